The number of carbonyl (C=O) groups is 1. The molecule has 0 saturated heterocycles. The third kappa shape index (κ3) is 2.97. The van der Waals surface area contributed by atoms with E-state index in [1.54, 1.807) is 12.1 Å². The summed E-state index contributed by atoms with van der Waals surface area (Å²) in [6.45, 7) is 0.676. The van der Waals surface area contributed by atoms with Crippen molar-refractivity contribution in [1.82, 2.24) is 4.90 Å². The van der Waals surface area contributed by atoms with Crippen molar-refractivity contribution in [2.75, 3.05) is 7.05 Å². The Morgan fingerprint density at radius 2 is 1.81 bits per heavy atom. The van der Waals surface area contributed by atoms with Crippen LogP contribution in [0.1, 0.15) is 41.6 Å². The molecule has 2 fully saturated rings. The van der Waals surface area contributed by atoms with Crippen LogP contribution in [0.4, 0.5) is 0 Å². The smallest absolute Gasteiger partial charge is 0.336 e. The summed E-state index contributed by atoms with van der Waals surface area (Å²) < 4.78 is 0. The minimum Gasteiger partial charge on any atom is -0.478 e. The Labute approximate surface area is 125 Å². The van der Waals surface area contributed by atoms with Gasteiger partial charge in [0.2, 0.25) is 0 Å². The summed E-state index contributed by atoms with van der Waals surface area (Å²) >= 11 is 0. The molecule has 0 heterocycles. The second kappa shape index (κ2) is 5.78. The van der Waals surface area contributed by atoms with Crippen molar-refractivity contribution in [1.29, 1.82) is 0 Å². The van der Waals surface area contributed by atoms with E-state index in [0.29, 0.717) is 30.0 Å². The van der Waals surface area contributed by atoms with E-state index in [0.717, 1.165) is 31.2 Å². The molecule has 0 aliphatic heterocycles. The van der Waals surface area contributed by atoms with E-state index in [-0.39, 0.29) is 6.10 Å². The van der Waals surface area contributed by atoms with Crippen molar-refractivity contribution in [3.05, 3.63) is 35.4 Å². The molecule has 4 heteroatoms. The van der Waals surface area contributed by atoms with Gasteiger partial charge < -0.3 is 10.2 Å². The van der Waals surface area contributed by atoms with Crippen LogP contribution in [0.3, 0.4) is 0 Å². The van der Waals surface area contributed by atoms with E-state index in [1.165, 1.54) is 0 Å². The summed E-state index contributed by atoms with van der Waals surface area (Å²) in [6, 6.07) is 7.75. The Hall–Kier alpha value is -1.39. The van der Waals surface area contributed by atoms with E-state index in [1.807, 2.05) is 12.1 Å². The maximum absolute atomic E-state index is 11.3. The second-order valence-electron chi connectivity index (χ2n) is 6.65. The van der Waals surface area contributed by atoms with Gasteiger partial charge in [-0.15, -0.1) is 0 Å². The molecule has 0 amide bonds. The van der Waals surface area contributed by atoms with Crippen LogP contribution in [0.5, 0.6) is 0 Å². The van der Waals surface area contributed by atoms with Crippen LogP contribution >= 0.6 is 0 Å². The predicted octanol–water partition coefficient (Wildman–Crippen LogP) is 2.37. The van der Waals surface area contributed by atoms with E-state index < -0.39 is 5.97 Å². The van der Waals surface area contributed by atoms with Crippen molar-refractivity contribution in [3.8, 4) is 0 Å². The fourth-order valence-electron chi connectivity index (χ4n) is 4.18. The molecular weight excluding hydrogens is 266 g/mol. The molecule has 0 spiro atoms. The lowest BCUT2D eigenvalue weighted by atomic mass is 10.0. The minimum atomic E-state index is -0.856. The molecule has 4 nitrogen and oxygen atoms in total. The lowest BCUT2D eigenvalue weighted by Gasteiger charge is -2.26. The minimum absolute atomic E-state index is 0.0982. The van der Waals surface area contributed by atoms with Gasteiger partial charge in [0.1, 0.15) is 0 Å². The molecule has 2 aliphatic carbocycles. The SMILES string of the molecule is CN(Cc1ccccc1C(=O)O)C1C[C@H]2CC(O)C[C@H]2C1. The van der Waals surface area contributed by atoms with Gasteiger partial charge in [0.05, 0.1) is 11.7 Å². The first-order chi connectivity index (χ1) is 10.0. The number of hydrogen-bond acceptors (Lipinski definition) is 3. The molecule has 0 aromatic heterocycles. The number of nitrogens with zero attached hydrogens (tertiary/aromatic N) is 1. The van der Waals surface area contributed by atoms with Crippen molar-refractivity contribution in [2.24, 2.45) is 11.8 Å². The van der Waals surface area contributed by atoms with Gasteiger partial charge in [0.15, 0.2) is 0 Å². The van der Waals surface area contributed by atoms with Gasteiger partial charge in [0, 0.05) is 12.6 Å². The highest BCUT2D eigenvalue weighted by atomic mass is 16.4. The Balaban J connectivity index is 1.65. The number of aliphatic hydroxyl groups is 1. The van der Waals surface area contributed by atoms with E-state index in [2.05, 4.69) is 11.9 Å². The molecule has 1 aromatic carbocycles. The largest absolute Gasteiger partial charge is 0.478 e. The molecule has 0 radical (unpaired) electrons. The third-order valence-electron chi connectivity index (χ3n) is 5.26. The summed E-state index contributed by atoms with van der Waals surface area (Å²) in [5.74, 6) is 0.453. The zero-order valence-electron chi connectivity index (χ0n) is 12.4. The van der Waals surface area contributed by atoms with Crippen LogP contribution in [0.15, 0.2) is 24.3 Å². The van der Waals surface area contributed by atoms with Crippen molar-refractivity contribution in [3.63, 3.8) is 0 Å². The highest BCUT2D eigenvalue weighted by Crippen LogP contribution is 2.45. The Kier molecular flexibility index (Phi) is 4.00. The topological polar surface area (TPSA) is 60.8 Å². The van der Waals surface area contributed by atoms with Crippen molar-refractivity contribution >= 4 is 5.97 Å². The molecule has 2 N–H and O–H groups in total. The predicted molar refractivity (Wildman–Crippen MR) is 80.1 cm³/mol. The van der Waals surface area contributed by atoms with Gasteiger partial charge in [-0.1, -0.05) is 18.2 Å². The number of fused-ring (bicyclic) bond motifs is 1. The Morgan fingerprint density at radius 3 is 2.43 bits per heavy atom. The number of aromatic carboxylic acids is 1. The molecule has 1 aromatic rings. The number of benzene rings is 1. The van der Waals surface area contributed by atoms with Crippen LogP contribution < -0.4 is 0 Å². The van der Waals surface area contributed by atoms with Crippen molar-refractivity contribution < 1.29 is 15.0 Å². The van der Waals surface area contributed by atoms with Crippen LogP contribution in [-0.2, 0) is 6.54 Å². The lowest BCUT2D eigenvalue weighted by molar-refractivity contribution is 0.0694. The standard InChI is InChI=1S/C17H23NO3/c1-18(10-11-4-2-3-5-16(11)17(20)21)14-6-12-8-15(19)9-13(12)7-14/h2-5,12-15,19H,6-10H2,1H3,(H,20,21)/t12-,13+,14?,15?. The summed E-state index contributed by atoms with van der Waals surface area (Å²) in [6.07, 6.45) is 4.06. The number of carboxylic acid groups (broad SMARTS) is 1. The summed E-state index contributed by atoms with van der Waals surface area (Å²) in [7, 11) is 2.08. The molecule has 2 unspecified atom stereocenters. The van der Waals surface area contributed by atoms with Crippen molar-refractivity contribution in [2.45, 2.75) is 44.4 Å². The van der Waals surface area contributed by atoms with Gasteiger partial charge >= 0.3 is 5.97 Å². The first-order valence-electron chi connectivity index (χ1n) is 7.74. The molecule has 0 bridgehead atoms. The average Bonchev–Trinajstić information content (AvgIpc) is 2.96. The summed E-state index contributed by atoms with van der Waals surface area (Å²) in [5.41, 5.74) is 1.28. The molecule has 2 saturated carbocycles. The van der Waals surface area contributed by atoms with E-state index >= 15 is 0 Å². The lowest BCUT2D eigenvalue weighted by Crippen LogP contribution is -2.30. The van der Waals surface area contributed by atoms with Gasteiger partial charge in [-0.05, 0) is 56.2 Å². The molecule has 114 valence electrons. The van der Waals surface area contributed by atoms with Crippen LogP contribution in [0.25, 0.3) is 0 Å². The fraction of sp³-hybridized carbons (Fsp3) is 0.588. The molecule has 4 atom stereocenters. The molecular formula is C17H23NO3. The Bertz CT molecular complexity index is 517. The monoisotopic (exact) mass is 289 g/mol. The van der Waals surface area contributed by atoms with Crippen LogP contribution in [0.2, 0.25) is 0 Å². The maximum Gasteiger partial charge on any atom is 0.336 e. The quantitative estimate of drug-likeness (QED) is 0.893. The number of hydrogen-bond donors (Lipinski definition) is 2. The zero-order valence-corrected chi connectivity index (χ0v) is 12.4. The number of rotatable bonds is 4. The maximum atomic E-state index is 11.3. The van der Waals surface area contributed by atoms with Crippen LogP contribution in [0, 0.1) is 11.8 Å². The second-order valence-corrected chi connectivity index (χ2v) is 6.65. The fourth-order valence-corrected chi connectivity index (χ4v) is 4.18. The average molecular weight is 289 g/mol. The highest BCUT2D eigenvalue weighted by molar-refractivity contribution is 5.89. The number of aliphatic hydroxyl groups excluding tert-OH is 1. The van der Waals surface area contributed by atoms with Crippen LogP contribution in [-0.4, -0.2) is 40.3 Å². The summed E-state index contributed by atoms with van der Waals surface area (Å²) in [5, 5.41) is 19.0. The molecule has 3 rings (SSSR count). The first kappa shape index (κ1) is 14.5. The van der Waals surface area contributed by atoms with Gasteiger partial charge in [-0.25, -0.2) is 4.79 Å². The zero-order chi connectivity index (χ0) is 15.0. The first-order valence-corrected chi connectivity index (χ1v) is 7.74. The van der Waals surface area contributed by atoms with Gasteiger partial charge in [0.25, 0.3) is 0 Å². The van der Waals surface area contributed by atoms with E-state index in [9.17, 15) is 15.0 Å². The highest BCUT2D eigenvalue weighted by Gasteiger charge is 2.42. The molecule has 2 aliphatic rings. The molecule has 21 heavy (non-hydrogen) atoms. The van der Waals surface area contributed by atoms with E-state index in [4.69, 9.17) is 0 Å². The Morgan fingerprint density at radius 1 is 1.19 bits per heavy atom. The third-order valence-corrected chi connectivity index (χ3v) is 5.26. The van der Waals surface area contributed by atoms with Gasteiger partial charge in [-0.3, -0.25) is 4.90 Å². The van der Waals surface area contributed by atoms with Gasteiger partial charge in [-0.2, -0.15) is 0 Å². The normalized spacial score (nSPS) is 31.6. The number of carboxylic acids is 1. The summed E-state index contributed by atoms with van der Waals surface area (Å²) in [4.78, 5) is 13.6.